The van der Waals surface area contributed by atoms with Gasteiger partial charge in [0.2, 0.25) is 0 Å². The molecule has 0 spiro atoms. The number of hydrogen-bond acceptors (Lipinski definition) is 3. The van der Waals surface area contributed by atoms with Crippen molar-refractivity contribution in [3.63, 3.8) is 0 Å². The Bertz CT molecular complexity index is 376. The number of aliphatic hydroxyl groups is 2. The van der Waals surface area contributed by atoms with Gasteiger partial charge in [0.25, 0.3) is 0 Å². The van der Waals surface area contributed by atoms with E-state index in [0.29, 0.717) is 6.07 Å². The van der Waals surface area contributed by atoms with Crippen LogP contribution in [0.4, 0.5) is 14.5 Å². The Labute approximate surface area is 96.5 Å². The number of benzene rings is 1. The molecule has 0 saturated carbocycles. The van der Waals surface area contributed by atoms with Crippen molar-refractivity contribution in [2.45, 2.75) is 18.6 Å². The van der Waals surface area contributed by atoms with Crippen molar-refractivity contribution in [1.82, 2.24) is 0 Å². The van der Waals surface area contributed by atoms with E-state index >= 15 is 0 Å². The normalized spacial score (nSPS) is 14.8. The standard InChI is InChI=1S/C10H12ClF2NO2/c11-2-1-8(15)10(16)6-3-5(12)4-7(13)9(6)14/h3-4,8,10,15-16H,1-2,14H2. The van der Waals surface area contributed by atoms with Gasteiger partial charge in [-0.2, -0.15) is 0 Å². The van der Waals surface area contributed by atoms with Gasteiger partial charge in [-0.05, 0) is 12.5 Å². The Kier molecular flexibility index (Phi) is 4.46. The largest absolute Gasteiger partial charge is 0.396 e. The van der Waals surface area contributed by atoms with Gasteiger partial charge >= 0.3 is 0 Å². The molecule has 0 amide bonds. The highest BCUT2D eigenvalue weighted by Gasteiger charge is 2.22. The zero-order valence-electron chi connectivity index (χ0n) is 8.33. The summed E-state index contributed by atoms with van der Waals surface area (Å²) in [6.45, 7) is 0. The fourth-order valence-corrected chi connectivity index (χ4v) is 1.55. The van der Waals surface area contributed by atoms with Crippen LogP contribution in [-0.2, 0) is 0 Å². The van der Waals surface area contributed by atoms with Gasteiger partial charge in [0.1, 0.15) is 17.7 Å². The average Bonchev–Trinajstić information content (AvgIpc) is 2.22. The summed E-state index contributed by atoms with van der Waals surface area (Å²) in [4.78, 5) is 0. The zero-order chi connectivity index (χ0) is 12.3. The first-order chi connectivity index (χ1) is 7.47. The molecule has 6 heteroatoms. The Morgan fingerprint density at radius 3 is 2.50 bits per heavy atom. The lowest BCUT2D eigenvalue weighted by Crippen LogP contribution is -2.20. The minimum atomic E-state index is -1.45. The van der Waals surface area contributed by atoms with E-state index in [1.54, 1.807) is 0 Å². The van der Waals surface area contributed by atoms with Crippen LogP contribution >= 0.6 is 11.6 Å². The van der Waals surface area contributed by atoms with Gasteiger partial charge < -0.3 is 15.9 Å². The third kappa shape index (κ3) is 2.81. The van der Waals surface area contributed by atoms with Crippen LogP contribution in [-0.4, -0.2) is 22.2 Å². The highest BCUT2D eigenvalue weighted by molar-refractivity contribution is 6.17. The number of alkyl halides is 1. The van der Waals surface area contributed by atoms with Crippen molar-refractivity contribution in [2.75, 3.05) is 11.6 Å². The van der Waals surface area contributed by atoms with Crippen molar-refractivity contribution in [3.8, 4) is 0 Å². The van der Waals surface area contributed by atoms with Gasteiger partial charge in [0.15, 0.2) is 0 Å². The van der Waals surface area contributed by atoms with E-state index in [-0.39, 0.29) is 23.6 Å². The Morgan fingerprint density at radius 2 is 1.94 bits per heavy atom. The monoisotopic (exact) mass is 251 g/mol. The molecular weight excluding hydrogens is 240 g/mol. The van der Waals surface area contributed by atoms with E-state index in [1.165, 1.54) is 0 Å². The summed E-state index contributed by atoms with van der Waals surface area (Å²) in [7, 11) is 0. The molecular formula is C10H12ClF2NO2. The first kappa shape index (κ1) is 13.2. The molecule has 90 valence electrons. The number of nitrogen functional groups attached to an aromatic ring is 1. The molecule has 2 atom stereocenters. The minimum absolute atomic E-state index is 0.0975. The second-order valence-electron chi connectivity index (χ2n) is 3.38. The molecule has 0 aliphatic heterocycles. The highest BCUT2D eigenvalue weighted by atomic mass is 35.5. The SMILES string of the molecule is Nc1c(F)cc(F)cc1C(O)C(O)CCCl. The number of rotatable bonds is 4. The molecule has 1 aromatic carbocycles. The van der Waals surface area contributed by atoms with E-state index < -0.39 is 23.8 Å². The predicted octanol–water partition coefficient (Wildman–Crippen LogP) is 1.57. The lowest BCUT2D eigenvalue weighted by Gasteiger charge is -2.19. The van der Waals surface area contributed by atoms with Crippen LogP contribution in [0.15, 0.2) is 12.1 Å². The minimum Gasteiger partial charge on any atom is -0.396 e. The smallest absolute Gasteiger partial charge is 0.149 e. The van der Waals surface area contributed by atoms with Crippen LogP contribution in [0, 0.1) is 11.6 Å². The topological polar surface area (TPSA) is 66.5 Å². The van der Waals surface area contributed by atoms with Crippen LogP contribution < -0.4 is 5.73 Å². The molecule has 0 heterocycles. The van der Waals surface area contributed by atoms with Gasteiger partial charge in [-0.3, -0.25) is 0 Å². The van der Waals surface area contributed by atoms with Crippen LogP contribution in [0.3, 0.4) is 0 Å². The van der Waals surface area contributed by atoms with Crippen LogP contribution in [0.5, 0.6) is 0 Å². The third-order valence-corrected chi connectivity index (χ3v) is 2.43. The zero-order valence-corrected chi connectivity index (χ0v) is 9.09. The number of halogens is 3. The van der Waals surface area contributed by atoms with E-state index in [0.717, 1.165) is 6.07 Å². The molecule has 0 radical (unpaired) electrons. The summed E-state index contributed by atoms with van der Waals surface area (Å²) < 4.78 is 26.0. The molecule has 0 aromatic heterocycles. The second kappa shape index (κ2) is 5.43. The van der Waals surface area contributed by atoms with E-state index in [1.807, 2.05) is 0 Å². The molecule has 1 aromatic rings. The number of anilines is 1. The number of aliphatic hydroxyl groups excluding tert-OH is 2. The maximum Gasteiger partial charge on any atom is 0.149 e. The molecule has 0 fully saturated rings. The molecule has 0 bridgehead atoms. The van der Waals surface area contributed by atoms with Gasteiger partial charge in [-0.1, -0.05) is 0 Å². The Hall–Kier alpha value is -0.910. The Balaban J connectivity index is 3.03. The highest BCUT2D eigenvalue weighted by Crippen LogP contribution is 2.27. The summed E-state index contributed by atoms with van der Waals surface area (Å²) in [5.41, 5.74) is 4.80. The van der Waals surface area contributed by atoms with Crippen molar-refractivity contribution in [1.29, 1.82) is 0 Å². The number of nitrogens with two attached hydrogens (primary N) is 1. The van der Waals surface area contributed by atoms with E-state index in [4.69, 9.17) is 17.3 Å². The summed E-state index contributed by atoms with van der Waals surface area (Å²) in [5, 5.41) is 19.1. The average molecular weight is 252 g/mol. The summed E-state index contributed by atoms with van der Waals surface area (Å²) in [6.07, 6.45) is -2.56. The molecule has 0 aliphatic rings. The maximum atomic E-state index is 13.1. The summed E-state index contributed by atoms with van der Waals surface area (Å²) >= 11 is 5.38. The number of hydrogen-bond donors (Lipinski definition) is 3. The molecule has 0 saturated heterocycles. The maximum absolute atomic E-state index is 13.1. The van der Waals surface area contributed by atoms with Gasteiger partial charge in [0.05, 0.1) is 11.8 Å². The summed E-state index contributed by atoms with van der Waals surface area (Å²) in [6, 6.07) is 1.50. The lowest BCUT2D eigenvalue weighted by atomic mass is 10.0. The predicted molar refractivity (Wildman–Crippen MR) is 57.1 cm³/mol. The Morgan fingerprint density at radius 1 is 1.31 bits per heavy atom. The van der Waals surface area contributed by atoms with Gasteiger partial charge in [-0.15, -0.1) is 11.6 Å². The molecule has 3 nitrogen and oxygen atoms in total. The van der Waals surface area contributed by atoms with Gasteiger partial charge in [-0.25, -0.2) is 8.78 Å². The van der Waals surface area contributed by atoms with Crippen molar-refractivity contribution in [2.24, 2.45) is 0 Å². The quantitative estimate of drug-likeness (QED) is 0.562. The van der Waals surface area contributed by atoms with Gasteiger partial charge in [0, 0.05) is 17.5 Å². The van der Waals surface area contributed by atoms with Crippen molar-refractivity contribution >= 4 is 17.3 Å². The third-order valence-electron chi connectivity index (χ3n) is 2.21. The lowest BCUT2D eigenvalue weighted by molar-refractivity contribution is 0.0171. The van der Waals surface area contributed by atoms with Crippen LogP contribution in [0.1, 0.15) is 18.1 Å². The fraction of sp³-hybridized carbons (Fsp3) is 0.400. The summed E-state index contributed by atoms with van der Waals surface area (Å²) in [5.74, 6) is -1.71. The van der Waals surface area contributed by atoms with E-state index in [2.05, 4.69) is 0 Å². The van der Waals surface area contributed by atoms with Crippen LogP contribution in [0.25, 0.3) is 0 Å². The molecule has 2 unspecified atom stereocenters. The first-order valence-corrected chi connectivity index (χ1v) is 5.17. The molecule has 1 rings (SSSR count). The van der Waals surface area contributed by atoms with Crippen molar-refractivity contribution in [3.05, 3.63) is 29.3 Å². The molecule has 16 heavy (non-hydrogen) atoms. The molecule has 0 aliphatic carbocycles. The van der Waals surface area contributed by atoms with E-state index in [9.17, 15) is 19.0 Å². The second-order valence-corrected chi connectivity index (χ2v) is 3.76. The first-order valence-electron chi connectivity index (χ1n) is 4.64. The van der Waals surface area contributed by atoms with Crippen LogP contribution in [0.2, 0.25) is 0 Å². The molecule has 4 N–H and O–H groups in total. The van der Waals surface area contributed by atoms with Crippen molar-refractivity contribution < 1.29 is 19.0 Å². The fourth-order valence-electron chi connectivity index (χ4n) is 1.33.